The fourth-order valence-corrected chi connectivity index (χ4v) is 2.15. The van der Waals surface area contributed by atoms with Crippen LogP contribution >= 0.6 is 15.9 Å². The number of fused-ring (bicyclic) bond motifs is 1. The Labute approximate surface area is 119 Å². The van der Waals surface area contributed by atoms with E-state index in [2.05, 4.69) is 38.4 Å². The SMILES string of the molecule is Brc1ccc(Nc2nccc3ccccc23)cc1.O. The van der Waals surface area contributed by atoms with E-state index in [0.717, 1.165) is 21.4 Å². The van der Waals surface area contributed by atoms with Crippen molar-refractivity contribution in [1.82, 2.24) is 4.98 Å². The van der Waals surface area contributed by atoms with Crippen LogP contribution in [0.4, 0.5) is 11.5 Å². The quantitative estimate of drug-likeness (QED) is 0.779. The molecule has 0 fully saturated rings. The summed E-state index contributed by atoms with van der Waals surface area (Å²) in [5.74, 6) is 0.885. The molecule has 0 saturated heterocycles. The summed E-state index contributed by atoms with van der Waals surface area (Å²) in [5, 5.41) is 5.66. The first-order valence-electron chi connectivity index (χ1n) is 5.69. The molecule has 0 aliphatic carbocycles. The Morgan fingerprint density at radius 3 is 2.42 bits per heavy atom. The number of nitrogens with zero attached hydrogens (tertiary/aromatic N) is 1. The number of rotatable bonds is 2. The highest BCUT2D eigenvalue weighted by molar-refractivity contribution is 9.10. The molecule has 3 nitrogen and oxygen atoms in total. The van der Waals surface area contributed by atoms with E-state index in [1.807, 2.05) is 48.7 Å². The second kappa shape index (κ2) is 5.82. The van der Waals surface area contributed by atoms with Crippen molar-refractivity contribution in [3.8, 4) is 0 Å². The van der Waals surface area contributed by atoms with E-state index >= 15 is 0 Å². The molecule has 0 aliphatic rings. The smallest absolute Gasteiger partial charge is 0.138 e. The first-order chi connectivity index (χ1) is 8.83. The van der Waals surface area contributed by atoms with Crippen LogP contribution < -0.4 is 5.32 Å². The number of aromatic nitrogens is 1. The van der Waals surface area contributed by atoms with Gasteiger partial charge in [0.15, 0.2) is 0 Å². The zero-order chi connectivity index (χ0) is 12.4. The molecule has 0 radical (unpaired) electrons. The van der Waals surface area contributed by atoms with Gasteiger partial charge in [0.2, 0.25) is 0 Å². The maximum absolute atomic E-state index is 4.40. The van der Waals surface area contributed by atoms with Crippen LogP contribution in [-0.4, -0.2) is 10.5 Å². The van der Waals surface area contributed by atoms with Gasteiger partial charge in [-0.05, 0) is 35.7 Å². The first-order valence-corrected chi connectivity index (χ1v) is 6.48. The Morgan fingerprint density at radius 2 is 1.63 bits per heavy atom. The molecule has 0 spiro atoms. The Hall–Kier alpha value is -1.91. The van der Waals surface area contributed by atoms with Gasteiger partial charge in [0.05, 0.1) is 0 Å². The summed E-state index contributed by atoms with van der Waals surface area (Å²) in [5.41, 5.74) is 1.03. The minimum absolute atomic E-state index is 0. The summed E-state index contributed by atoms with van der Waals surface area (Å²) in [4.78, 5) is 4.40. The van der Waals surface area contributed by atoms with Gasteiger partial charge < -0.3 is 10.8 Å². The van der Waals surface area contributed by atoms with Gasteiger partial charge in [-0.1, -0.05) is 40.2 Å². The van der Waals surface area contributed by atoms with Gasteiger partial charge in [-0.2, -0.15) is 0 Å². The minimum Gasteiger partial charge on any atom is -0.412 e. The number of hydrogen-bond donors (Lipinski definition) is 1. The molecule has 3 rings (SSSR count). The fourth-order valence-electron chi connectivity index (χ4n) is 1.89. The third-order valence-corrected chi connectivity index (χ3v) is 3.31. The Balaban J connectivity index is 0.00000133. The van der Waals surface area contributed by atoms with E-state index < -0.39 is 0 Å². The molecule has 3 aromatic rings. The lowest BCUT2D eigenvalue weighted by atomic mass is 10.1. The second-order valence-corrected chi connectivity index (χ2v) is 4.93. The van der Waals surface area contributed by atoms with Crippen LogP contribution in [0, 0.1) is 0 Å². The van der Waals surface area contributed by atoms with Crippen molar-refractivity contribution < 1.29 is 5.48 Å². The molecule has 0 unspecified atom stereocenters. The molecule has 19 heavy (non-hydrogen) atoms. The molecule has 0 bridgehead atoms. The van der Waals surface area contributed by atoms with Crippen LogP contribution in [0.5, 0.6) is 0 Å². The molecule has 4 heteroatoms. The number of hydrogen-bond acceptors (Lipinski definition) is 2. The maximum atomic E-state index is 4.40. The van der Waals surface area contributed by atoms with E-state index in [9.17, 15) is 0 Å². The third-order valence-electron chi connectivity index (χ3n) is 2.78. The van der Waals surface area contributed by atoms with E-state index in [4.69, 9.17) is 0 Å². The third kappa shape index (κ3) is 2.92. The second-order valence-electron chi connectivity index (χ2n) is 4.01. The van der Waals surface area contributed by atoms with Crippen LogP contribution in [0.25, 0.3) is 10.8 Å². The highest BCUT2D eigenvalue weighted by Gasteiger charge is 2.01. The zero-order valence-electron chi connectivity index (χ0n) is 10.1. The highest BCUT2D eigenvalue weighted by Crippen LogP contribution is 2.24. The highest BCUT2D eigenvalue weighted by atomic mass is 79.9. The summed E-state index contributed by atoms with van der Waals surface area (Å²) >= 11 is 3.43. The van der Waals surface area contributed by atoms with Gasteiger partial charge in [0.25, 0.3) is 0 Å². The van der Waals surface area contributed by atoms with Crippen LogP contribution in [0.1, 0.15) is 0 Å². The molecule has 0 amide bonds. The van der Waals surface area contributed by atoms with Crippen molar-refractivity contribution in [2.45, 2.75) is 0 Å². The number of anilines is 2. The minimum atomic E-state index is 0. The van der Waals surface area contributed by atoms with Gasteiger partial charge in [0, 0.05) is 21.7 Å². The monoisotopic (exact) mass is 316 g/mol. The van der Waals surface area contributed by atoms with E-state index in [-0.39, 0.29) is 5.48 Å². The van der Waals surface area contributed by atoms with E-state index in [0.29, 0.717) is 0 Å². The van der Waals surface area contributed by atoms with Crippen LogP contribution in [0.2, 0.25) is 0 Å². The summed E-state index contributed by atoms with van der Waals surface area (Å²) in [6.07, 6.45) is 1.82. The largest absolute Gasteiger partial charge is 0.412 e. The van der Waals surface area contributed by atoms with Crippen LogP contribution in [-0.2, 0) is 0 Å². The van der Waals surface area contributed by atoms with Crippen molar-refractivity contribution in [3.05, 3.63) is 65.3 Å². The van der Waals surface area contributed by atoms with Crippen LogP contribution in [0.3, 0.4) is 0 Å². The summed E-state index contributed by atoms with van der Waals surface area (Å²) in [6.45, 7) is 0. The Kier molecular flexibility index (Phi) is 4.14. The average molecular weight is 317 g/mol. The summed E-state index contributed by atoms with van der Waals surface area (Å²) in [6, 6.07) is 18.3. The van der Waals surface area contributed by atoms with Crippen molar-refractivity contribution in [1.29, 1.82) is 0 Å². The molecule has 0 atom stereocenters. The van der Waals surface area contributed by atoms with Gasteiger partial charge in [-0.3, -0.25) is 0 Å². The standard InChI is InChI=1S/C15H11BrN2.H2O/c16-12-5-7-13(8-6-12)18-15-14-4-2-1-3-11(14)9-10-17-15;/h1-10H,(H,17,18);1H2. The van der Waals surface area contributed by atoms with E-state index in [1.165, 1.54) is 5.39 Å². The van der Waals surface area contributed by atoms with Crippen molar-refractivity contribution >= 4 is 38.2 Å². The van der Waals surface area contributed by atoms with Crippen LogP contribution in [0.15, 0.2) is 65.3 Å². The van der Waals surface area contributed by atoms with Gasteiger partial charge >= 0.3 is 0 Å². The number of nitrogens with one attached hydrogen (secondary N) is 1. The number of pyridine rings is 1. The lowest BCUT2D eigenvalue weighted by molar-refractivity contribution is 0.824. The molecule has 1 heterocycles. The number of halogens is 1. The molecule has 3 N–H and O–H groups in total. The van der Waals surface area contributed by atoms with Gasteiger partial charge in [-0.15, -0.1) is 0 Å². The normalized spacial score (nSPS) is 9.95. The number of benzene rings is 2. The van der Waals surface area contributed by atoms with Crippen molar-refractivity contribution in [2.24, 2.45) is 0 Å². The fraction of sp³-hybridized carbons (Fsp3) is 0. The molecular weight excluding hydrogens is 304 g/mol. The zero-order valence-corrected chi connectivity index (χ0v) is 11.7. The molecule has 0 saturated carbocycles. The summed E-state index contributed by atoms with van der Waals surface area (Å²) < 4.78 is 1.07. The lowest BCUT2D eigenvalue weighted by Crippen LogP contribution is -1.94. The van der Waals surface area contributed by atoms with E-state index in [1.54, 1.807) is 0 Å². The first kappa shape index (κ1) is 13.5. The van der Waals surface area contributed by atoms with Crippen molar-refractivity contribution in [2.75, 3.05) is 5.32 Å². The predicted octanol–water partition coefficient (Wildman–Crippen LogP) is 3.92. The Morgan fingerprint density at radius 1 is 0.895 bits per heavy atom. The lowest BCUT2D eigenvalue weighted by Gasteiger charge is -2.08. The topological polar surface area (TPSA) is 56.4 Å². The maximum Gasteiger partial charge on any atom is 0.138 e. The molecule has 2 aromatic carbocycles. The van der Waals surface area contributed by atoms with Gasteiger partial charge in [-0.25, -0.2) is 4.98 Å². The van der Waals surface area contributed by atoms with Crippen molar-refractivity contribution in [3.63, 3.8) is 0 Å². The molecule has 96 valence electrons. The predicted molar refractivity (Wildman–Crippen MR) is 82.8 cm³/mol. The average Bonchev–Trinajstić information content (AvgIpc) is 2.42. The summed E-state index contributed by atoms with van der Waals surface area (Å²) in [7, 11) is 0. The molecular formula is C15H13BrN2O. The Bertz CT molecular complexity index is 678. The molecule has 0 aliphatic heterocycles. The van der Waals surface area contributed by atoms with Gasteiger partial charge in [0.1, 0.15) is 5.82 Å². The molecule has 1 aromatic heterocycles.